The zero-order valence-corrected chi connectivity index (χ0v) is 16.6. The van der Waals surface area contributed by atoms with Gasteiger partial charge in [0.1, 0.15) is 5.82 Å². The molecule has 13 heteroatoms. The number of sulfonamides is 1. The predicted molar refractivity (Wildman–Crippen MR) is 100 cm³/mol. The van der Waals surface area contributed by atoms with Crippen molar-refractivity contribution in [2.75, 3.05) is 43.9 Å². The smallest absolute Gasteiger partial charge is 0.416 e. The van der Waals surface area contributed by atoms with E-state index in [9.17, 15) is 26.4 Å². The average Bonchev–Trinajstić information content (AvgIpc) is 2.72. The van der Waals surface area contributed by atoms with Crippen LogP contribution in [0.25, 0.3) is 0 Å². The van der Waals surface area contributed by atoms with Gasteiger partial charge in [0.05, 0.1) is 23.8 Å². The lowest BCUT2D eigenvalue weighted by Crippen LogP contribution is -2.49. The molecule has 9 nitrogen and oxygen atoms in total. The fraction of sp³-hybridized carbons (Fsp3) is 0.353. The monoisotopic (exact) mass is 445 g/mol. The number of methoxy groups -OCH3 is 1. The molecular formula is C17H18F3N5O4S. The van der Waals surface area contributed by atoms with E-state index in [2.05, 4.69) is 14.7 Å². The van der Waals surface area contributed by atoms with Crippen LogP contribution in [-0.2, 0) is 20.9 Å². The van der Waals surface area contributed by atoms with Crippen LogP contribution in [0.5, 0.6) is 0 Å². The molecule has 1 aromatic heterocycles. The highest BCUT2D eigenvalue weighted by atomic mass is 32.2. The van der Waals surface area contributed by atoms with Gasteiger partial charge in [-0.1, -0.05) is 0 Å². The van der Waals surface area contributed by atoms with Gasteiger partial charge < -0.3 is 15.4 Å². The molecule has 1 aliphatic rings. The number of halogens is 3. The molecule has 0 amide bonds. The summed E-state index contributed by atoms with van der Waals surface area (Å²) in [4.78, 5) is 21.1. The second-order valence-corrected chi connectivity index (χ2v) is 8.30. The molecule has 2 N–H and O–H groups in total. The first-order valence-electron chi connectivity index (χ1n) is 8.67. The number of rotatable bonds is 4. The summed E-state index contributed by atoms with van der Waals surface area (Å²) >= 11 is 0. The van der Waals surface area contributed by atoms with E-state index in [1.165, 1.54) is 17.6 Å². The van der Waals surface area contributed by atoms with Crippen LogP contribution in [0, 0.1) is 0 Å². The molecule has 0 atom stereocenters. The number of piperazine rings is 1. The van der Waals surface area contributed by atoms with Crippen molar-refractivity contribution in [3.8, 4) is 0 Å². The highest BCUT2D eigenvalue weighted by molar-refractivity contribution is 7.89. The number of nitrogen functional groups attached to an aromatic ring is 1. The van der Waals surface area contributed by atoms with Gasteiger partial charge >= 0.3 is 12.1 Å². The van der Waals surface area contributed by atoms with Crippen molar-refractivity contribution in [3.05, 3.63) is 41.7 Å². The number of nitrogens with two attached hydrogens (primary N) is 1. The van der Waals surface area contributed by atoms with Crippen LogP contribution in [0.2, 0.25) is 0 Å². The van der Waals surface area contributed by atoms with E-state index in [4.69, 9.17) is 5.73 Å². The van der Waals surface area contributed by atoms with Gasteiger partial charge in [0.15, 0.2) is 11.5 Å². The molecule has 0 saturated carbocycles. The van der Waals surface area contributed by atoms with Crippen LogP contribution in [0.3, 0.4) is 0 Å². The van der Waals surface area contributed by atoms with Crippen LogP contribution >= 0.6 is 0 Å². The van der Waals surface area contributed by atoms with Crippen molar-refractivity contribution in [2.24, 2.45) is 0 Å². The minimum atomic E-state index is -4.54. The summed E-state index contributed by atoms with van der Waals surface area (Å²) in [6, 6.07) is 3.37. The standard InChI is InChI=1S/C17H18F3N5O4S/c1-29-16(26)14-15(21)23-13(10-22-14)24-6-8-25(9-7-24)30(27,28)12-4-2-11(3-5-12)17(18,19)20/h2-5,10H,6-9H2,1H3,(H2,21,23). The SMILES string of the molecule is COC(=O)c1ncc(N2CCN(S(=O)(=O)c3ccc(C(F)(F)F)cc3)CC2)nc1N. The largest absolute Gasteiger partial charge is 0.464 e. The van der Waals surface area contributed by atoms with Gasteiger partial charge in [0.2, 0.25) is 10.0 Å². The maximum atomic E-state index is 12.7. The predicted octanol–water partition coefficient (Wildman–Crippen LogP) is 1.38. The van der Waals surface area contributed by atoms with E-state index in [0.29, 0.717) is 5.82 Å². The lowest BCUT2D eigenvalue weighted by Gasteiger charge is -2.34. The van der Waals surface area contributed by atoms with Crippen LogP contribution < -0.4 is 10.6 Å². The number of nitrogens with zero attached hydrogens (tertiary/aromatic N) is 4. The molecule has 30 heavy (non-hydrogen) atoms. The molecule has 0 aliphatic carbocycles. The number of aromatic nitrogens is 2. The molecule has 2 aromatic rings. The summed E-state index contributed by atoms with van der Waals surface area (Å²) in [7, 11) is -2.75. The highest BCUT2D eigenvalue weighted by Crippen LogP contribution is 2.30. The zero-order chi connectivity index (χ0) is 22.1. The molecule has 3 rings (SSSR count). The number of benzene rings is 1. The number of carbonyl (C=O) groups is 1. The fourth-order valence-corrected chi connectivity index (χ4v) is 4.34. The number of carbonyl (C=O) groups excluding carboxylic acids is 1. The van der Waals surface area contributed by atoms with Crippen LogP contribution in [0.15, 0.2) is 35.4 Å². The Morgan fingerprint density at radius 2 is 1.73 bits per heavy atom. The van der Waals surface area contributed by atoms with Crippen LogP contribution in [0.1, 0.15) is 16.1 Å². The molecule has 0 spiro atoms. The molecule has 1 aliphatic heterocycles. The van der Waals surface area contributed by atoms with Gasteiger partial charge in [-0.2, -0.15) is 17.5 Å². The second kappa shape index (κ2) is 8.07. The van der Waals surface area contributed by atoms with E-state index >= 15 is 0 Å². The Morgan fingerprint density at radius 3 is 2.23 bits per heavy atom. The molecule has 1 fully saturated rings. The van der Waals surface area contributed by atoms with Gasteiger partial charge in [-0.3, -0.25) is 0 Å². The quantitative estimate of drug-likeness (QED) is 0.701. The molecule has 1 aromatic carbocycles. The van der Waals surface area contributed by atoms with Gasteiger partial charge in [0.25, 0.3) is 0 Å². The van der Waals surface area contributed by atoms with Crippen molar-refractivity contribution < 1.29 is 31.1 Å². The molecule has 0 radical (unpaired) electrons. The first-order valence-corrected chi connectivity index (χ1v) is 10.1. The maximum absolute atomic E-state index is 12.7. The minimum absolute atomic E-state index is 0.0870. The van der Waals surface area contributed by atoms with Gasteiger partial charge in [-0.15, -0.1) is 0 Å². The summed E-state index contributed by atoms with van der Waals surface area (Å²) in [5.41, 5.74) is 4.69. The highest BCUT2D eigenvalue weighted by Gasteiger charge is 2.33. The van der Waals surface area contributed by atoms with Gasteiger partial charge in [-0.05, 0) is 24.3 Å². The lowest BCUT2D eigenvalue weighted by atomic mass is 10.2. The van der Waals surface area contributed by atoms with E-state index < -0.39 is 27.7 Å². The third-order valence-corrected chi connectivity index (χ3v) is 6.46. The lowest BCUT2D eigenvalue weighted by molar-refractivity contribution is -0.137. The van der Waals surface area contributed by atoms with Gasteiger partial charge in [0, 0.05) is 26.2 Å². The molecule has 0 bridgehead atoms. The van der Waals surface area contributed by atoms with E-state index in [0.717, 1.165) is 24.3 Å². The first kappa shape index (κ1) is 21.8. The first-order chi connectivity index (χ1) is 14.0. The van der Waals surface area contributed by atoms with Gasteiger partial charge in [-0.25, -0.2) is 23.2 Å². The fourth-order valence-electron chi connectivity index (χ4n) is 2.92. The number of ether oxygens (including phenoxy) is 1. The molecule has 1 saturated heterocycles. The van der Waals surface area contributed by atoms with Crippen molar-refractivity contribution in [1.29, 1.82) is 0 Å². The Morgan fingerprint density at radius 1 is 1.13 bits per heavy atom. The number of esters is 1. The Labute approximate surface area is 170 Å². The zero-order valence-electron chi connectivity index (χ0n) is 15.8. The molecule has 0 unspecified atom stereocenters. The van der Waals surface area contributed by atoms with E-state index in [1.54, 1.807) is 4.90 Å². The Bertz CT molecular complexity index is 1040. The van der Waals surface area contributed by atoms with E-state index in [1.807, 2.05) is 0 Å². The summed E-state index contributed by atoms with van der Waals surface area (Å²) in [5.74, 6) is -0.468. The number of alkyl halides is 3. The summed E-state index contributed by atoms with van der Waals surface area (Å²) in [6.45, 7) is 0.685. The number of hydrogen-bond donors (Lipinski definition) is 1. The Kier molecular flexibility index (Phi) is 5.85. The van der Waals surface area contributed by atoms with E-state index in [-0.39, 0.29) is 42.6 Å². The van der Waals surface area contributed by atoms with Crippen molar-refractivity contribution in [3.63, 3.8) is 0 Å². The number of hydrogen-bond acceptors (Lipinski definition) is 8. The van der Waals surface area contributed by atoms with Crippen molar-refractivity contribution in [1.82, 2.24) is 14.3 Å². The Hall–Kier alpha value is -2.93. The summed E-state index contributed by atoms with van der Waals surface area (Å²) < 4.78 is 69.2. The summed E-state index contributed by atoms with van der Waals surface area (Å²) in [6.07, 6.45) is -3.21. The topological polar surface area (TPSA) is 119 Å². The maximum Gasteiger partial charge on any atom is 0.416 e. The summed E-state index contributed by atoms with van der Waals surface area (Å²) in [5, 5.41) is 0. The average molecular weight is 445 g/mol. The van der Waals surface area contributed by atoms with Crippen molar-refractivity contribution in [2.45, 2.75) is 11.1 Å². The second-order valence-electron chi connectivity index (χ2n) is 6.37. The minimum Gasteiger partial charge on any atom is -0.464 e. The molecular weight excluding hydrogens is 427 g/mol. The van der Waals surface area contributed by atoms with Crippen LogP contribution in [-0.4, -0.2) is 61.9 Å². The normalized spacial score (nSPS) is 15.8. The van der Waals surface area contributed by atoms with Crippen LogP contribution in [0.4, 0.5) is 24.8 Å². The Balaban J connectivity index is 1.70. The third kappa shape index (κ3) is 4.31. The number of anilines is 2. The molecule has 162 valence electrons. The van der Waals surface area contributed by atoms with Crippen molar-refractivity contribution >= 4 is 27.6 Å². The molecule has 2 heterocycles. The third-order valence-electron chi connectivity index (χ3n) is 4.55.